The van der Waals surface area contributed by atoms with E-state index >= 15 is 0 Å². The van der Waals surface area contributed by atoms with Crippen molar-refractivity contribution >= 4 is 23.2 Å². The molecule has 3 nitrogen and oxygen atoms in total. The summed E-state index contributed by atoms with van der Waals surface area (Å²) >= 11 is 12.0. The van der Waals surface area contributed by atoms with Crippen molar-refractivity contribution in [3.05, 3.63) is 57.8 Å². The van der Waals surface area contributed by atoms with Crippen molar-refractivity contribution in [3.8, 4) is 5.75 Å². The van der Waals surface area contributed by atoms with Gasteiger partial charge >= 0.3 is 0 Å². The third-order valence-corrected chi connectivity index (χ3v) is 3.69. The highest BCUT2D eigenvalue weighted by atomic mass is 35.5. The predicted octanol–water partition coefficient (Wildman–Crippen LogP) is 4.47. The van der Waals surface area contributed by atoms with E-state index in [1.807, 2.05) is 18.3 Å². The summed E-state index contributed by atoms with van der Waals surface area (Å²) in [5.74, 6) is 0.566. The molecule has 0 radical (unpaired) electrons. The fourth-order valence-corrected chi connectivity index (χ4v) is 2.06. The number of hydrogen-bond acceptors (Lipinski definition) is 3. The van der Waals surface area contributed by atoms with Gasteiger partial charge in [-0.1, -0.05) is 49.2 Å². The Morgan fingerprint density at radius 2 is 2.00 bits per heavy atom. The van der Waals surface area contributed by atoms with E-state index in [9.17, 15) is 0 Å². The lowest BCUT2D eigenvalue weighted by molar-refractivity contribution is 0.301. The van der Waals surface area contributed by atoms with Crippen LogP contribution in [-0.4, -0.2) is 11.0 Å². The van der Waals surface area contributed by atoms with Crippen LogP contribution in [0.3, 0.4) is 0 Å². The second kappa shape index (κ2) is 7.64. The van der Waals surface area contributed by atoms with Crippen molar-refractivity contribution in [2.24, 2.45) is 0 Å². The zero-order valence-corrected chi connectivity index (χ0v) is 13.6. The molecule has 0 amide bonds. The van der Waals surface area contributed by atoms with E-state index in [4.69, 9.17) is 27.9 Å². The molecule has 5 heteroatoms. The van der Waals surface area contributed by atoms with Crippen molar-refractivity contribution < 1.29 is 4.74 Å². The average Bonchev–Trinajstić information content (AvgIpc) is 2.48. The summed E-state index contributed by atoms with van der Waals surface area (Å²) < 4.78 is 5.65. The number of nitrogens with one attached hydrogen (secondary N) is 1. The van der Waals surface area contributed by atoms with Gasteiger partial charge in [-0.15, -0.1) is 0 Å². The predicted molar refractivity (Wildman–Crippen MR) is 87.0 cm³/mol. The first-order valence-electron chi connectivity index (χ1n) is 6.80. The molecule has 0 aliphatic carbocycles. The Balaban J connectivity index is 1.93. The normalized spacial score (nSPS) is 10.9. The minimum absolute atomic E-state index is 0.359. The molecule has 0 aliphatic heterocycles. The number of benzene rings is 1. The van der Waals surface area contributed by atoms with Gasteiger partial charge in [0, 0.05) is 18.8 Å². The summed E-state index contributed by atoms with van der Waals surface area (Å²) in [6, 6.07) is 9.77. The van der Waals surface area contributed by atoms with Crippen LogP contribution in [0.1, 0.15) is 25.1 Å². The SMILES string of the molecule is CC(C)NCc1ccc(COc2cccc(Cl)c2Cl)nc1. The van der Waals surface area contributed by atoms with E-state index in [0.29, 0.717) is 28.4 Å². The van der Waals surface area contributed by atoms with Gasteiger partial charge in [-0.05, 0) is 23.8 Å². The van der Waals surface area contributed by atoms with Crippen molar-refractivity contribution in [2.45, 2.75) is 33.0 Å². The molecule has 0 bridgehead atoms. The Morgan fingerprint density at radius 3 is 2.67 bits per heavy atom. The standard InChI is InChI=1S/C16H18Cl2N2O/c1-11(2)19-8-12-6-7-13(20-9-12)10-21-15-5-3-4-14(17)16(15)18/h3-7,9,11,19H,8,10H2,1-2H3. The number of ether oxygens (including phenoxy) is 1. The van der Waals surface area contributed by atoms with Gasteiger partial charge in [0.15, 0.2) is 0 Å². The maximum absolute atomic E-state index is 6.07. The maximum Gasteiger partial charge on any atom is 0.140 e. The highest BCUT2D eigenvalue weighted by molar-refractivity contribution is 6.42. The first kappa shape index (κ1) is 16.1. The molecule has 0 aliphatic rings. The topological polar surface area (TPSA) is 34.1 Å². The Hall–Kier alpha value is -1.29. The summed E-state index contributed by atoms with van der Waals surface area (Å²) in [4.78, 5) is 4.38. The van der Waals surface area contributed by atoms with Crippen LogP contribution in [0.5, 0.6) is 5.75 Å². The Labute approximate surface area is 135 Å². The second-order valence-corrected chi connectivity index (χ2v) is 5.82. The number of hydrogen-bond donors (Lipinski definition) is 1. The third kappa shape index (κ3) is 4.88. The van der Waals surface area contributed by atoms with E-state index in [-0.39, 0.29) is 0 Å². The Kier molecular flexibility index (Phi) is 5.85. The second-order valence-electron chi connectivity index (χ2n) is 5.03. The Bertz CT molecular complexity index is 585. The van der Waals surface area contributed by atoms with Crippen LogP contribution in [0.15, 0.2) is 36.5 Å². The van der Waals surface area contributed by atoms with Gasteiger partial charge in [-0.25, -0.2) is 0 Å². The van der Waals surface area contributed by atoms with Crippen LogP contribution in [0, 0.1) is 0 Å². The fraction of sp³-hybridized carbons (Fsp3) is 0.312. The quantitative estimate of drug-likeness (QED) is 0.851. The molecule has 0 spiro atoms. The van der Waals surface area contributed by atoms with Crippen molar-refractivity contribution in [3.63, 3.8) is 0 Å². The third-order valence-electron chi connectivity index (χ3n) is 2.89. The highest BCUT2D eigenvalue weighted by Crippen LogP contribution is 2.31. The van der Waals surface area contributed by atoms with Crippen LogP contribution >= 0.6 is 23.2 Å². The summed E-state index contributed by atoms with van der Waals surface area (Å²) in [6.07, 6.45) is 1.85. The van der Waals surface area contributed by atoms with Gasteiger partial charge in [-0.3, -0.25) is 4.98 Å². The number of pyridine rings is 1. The van der Waals surface area contributed by atoms with Gasteiger partial charge in [0.1, 0.15) is 17.4 Å². The van der Waals surface area contributed by atoms with Gasteiger partial charge in [-0.2, -0.15) is 0 Å². The lowest BCUT2D eigenvalue weighted by atomic mass is 10.2. The van der Waals surface area contributed by atoms with Crippen LogP contribution in [0.2, 0.25) is 10.0 Å². The molecule has 21 heavy (non-hydrogen) atoms. The molecule has 0 fully saturated rings. The van der Waals surface area contributed by atoms with Gasteiger partial charge < -0.3 is 10.1 Å². The van der Waals surface area contributed by atoms with Crippen LogP contribution < -0.4 is 10.1 Å². The van der Waals surface area contributed by atoms with Crippen molar-refractivity contribution in [1.29, 1.82) is 0 Å². The minimum atomic E-state index is 0.359. The molecule has 0 unspecified atom stereocenters. The smallest absolute Gasteiger partial charge is 0.140 e. The van der Waals surface area contributed by atoms with Gasteiger partial charge in [0.05, 0.1) is 10.7 Å². The maximum atomic E-state index is 6.07. The van der Waals surface area contributed by atoms with E-state index < -0.39 is 0 Å². The zero-order chi connectivity index (χ0) is 15.2. The minimum Gasteiger partial charge on any atom is -0.486 e. The highest BCUT2D eigenvalue weighted by Gasteiger charge is 2.06. The molecule has 0 saturated heterocycles. The molecule has 2 rings (SSSR count). The molecule has 1 aromatic carbocycles. The molecule has 1 N–H and O–H groups in total. The molecule has 1 aromatic heterocycles. The van der Waals surface area contributed by atoms with Crippen molar-refractivity contribution in [2.75, 3.05) is 0 Å². The summed E-state index contributed by atoms with van der Waals surface area (Å²) in [6.45, 7) is 5.40. The number of aromatic nitrogens is 1. The number of halogens is 2. The lowest BCUT2D eigenvalue weighted by Crippen LogP contribution is -2.21. The molecule has 2 aromatic rings. The van der Waals surface area contributed by atoms with Crippen LogP contribution in [0.4, 0.5) is 0 Å². The van der Waals surface area contributed by atoms with Crippen LogP contribution in [0.25, 0.3) is 0 Å². The number of rotatable bonds is 6. The van der Waals surface area contributed by atoms with E-state index in [1.54, 1.807) is 18.2 Å². The number of nitrogens with zero attached hydrogens (tertiary/aromatic N) is 1. The van der Waals surface area contributed by atoms with Crippen molar-refractivity contribution in [1.82, 2.24) is 10.3 Å². The molecular weight excluding hydrogens is 307 g/mol. The molecule has 0 saturated carbocycles. The van der Waals surface area contributed by atoms with E-state index in [0.717, 1.165) is 17.8 Å². The Morgan fingerprint density at radius 1 is 1.19 bits per heavy atom. The van der Waals surface area contributed by atoms with Gasteiger partial charge in [0.2, 0.25) is 0 Å². The van der Waals surface area contributed by atoms with Crippen LogP contribution in [-0.2, 0) is 13.2 Å². The largest absolute Gasteiger partial charge is 0.486 e. The van der Waals surface area contributed by atoms with E-state index in [2.05, 4.69) is 24.1 Å². The first-order valence-corrected chi connectivity index (χ1v) is 7.56. The first-order chi connectivity index (χ1) is 10.1. The molecule has 1 heterocycles. The monoisotopic (exact) mass is 324 g/mol. The summed E-state index contributed by atoms with van der Waals surface area (Å²) in [7, 11) is 0. The van der Waals surface area contributed by atoms with Gasteiger partial charge in [0.25, 0.3) is 0 Å². The molecule has 112 valence electrons. The summed E-state index contributed by atoms with van der Waals surface area (Å²) in [5, 5.41) is 4.26. The fourth-order valence-electron chi connectivity index (χ4n) is 1.71. The zero-order valence-electron chi connectivity index (χ0n) is 12.1. The lowest BCUT2D eigenvalue weighted by Gasteiger charge is -2.10. The molecular formula is C16H18Cl2N2O. The molecule has 0 atom stereocenters. The summed E-state index contributed by atoms with van der Waals surface area (Å²) in [5.41, 5.74) is 1.99. The average molecular weight is 325 g/mol. The van der Waals surface area contributed by atoms with E-state index in [1.165, 1.54) is 0 Å².